The van der Waals surface area contributed by atoms with Gasteiger partial charge in [-0.05, 0) is 6.92 Å². The summed E-state index contributed by atoms with van der Waals surface area (Å²) >= 11 is 0. The molecular weight excluding hydrogens is 170 g/mol. The monoisotopic (exact) mass is 191 g/mol. The Hall–Kier alpha value is -0.160. The molecule has 0 spiro atoms. The number of hydrogen-bond acceptors (Lipinski definition) is 4. The van der Waals surface area contributed by atoms with E-state index in [9.17, 15) is 10.2 Å². The number of nitrogens with two attached hydrogens (primary N) is 1. The first-order chi connectivity index (χ1) is 6.15. The van der Waals surface area contributed by atoms with Crippen molar-refractivity contribution in [2.45, 2.75) is 51.6 Å². The van der Waals surface area contributed by atoms with Crippen molar-refractivity contribution in [1.82, 2.24) is 0 Å². The van der Waals surface area contributed by atoms with Gasteiger partial charge in [0.2, 0.25) is 0 Å². The number of aliphatic hydroxyl groups is 2. The smallest absolute Gasteiger partial charge is 0.107 e. The molecule has 0 bridgehead atoms. The topological polar surface area (TPSA) is 75.7 Å². The fourth-order valence-corrected chi connectivity index (χ4v) is 1.36. The van der Waals surface area contributed by atoms with E-state index in [0.29, 0.717) is 6.42 Å². The molecule has 0 aliphatic carbocycles. The van der Waals surface area contributed by atoms with Gasteiger partial charge >= 0.3 is 0 Å². The predicted molar refractivity (Wildman–Crippen MR) is 51.4 cm³/mol. The average molecular weight is 191 g/mol. The van der Waals surface area contributed by atoms with Crippen molar-refractivity contribution in [2.24, 2.45) is 5.73 Å². The molecule has 0 aromatic heterocycles. The standard InChI is InChI=1S/C7H15NO3.C2H6/c1-4-2-5(9)7(10)6(3-8)11-4;1-2/h4-7,9-10H,2-3,8H2,1H3;1-2H3/t4?,5-,6-,7-;/m1./s1. The van der Waals surface area contributed by atoms with E-state index >= 15 is 0 Å². The van der Waals surface area contributed by atoms with Gasteiger partial charge in [0, 0.05) is 13.0 Å². The van der Waals surface area contributed by atoms with Gasteiger partial charge < -0.3 is 20.7 Å². The van der Waals surface area contributed by atoms with Gasteiger partial charge in [-0.3, -0.25) is 0 Å². The second-order valence-electron chi connectivity index (χ2n) is 3.01. The molecule has 1 unspecified atom stereocenters. The average Bonchev–Trinajstić information content (AvgIpc) is 2.14. The zero-order valence-corrected chi connectivity index (χ0v) is 8.60. The molecule has 80 valence electrons. The van der Waals surface area contributed by atoms with Gasteiger partial charge in [0.15, 0.2) is 0 Å². The lowest BCUT2D eigenvalue weighted by Gasteiger charge is -2.35. The van der Waals surface area contributed by atoms with Gasteiger partial charge in [-0.15, -0.1) is 0 Å². The summed E-state index contributed by atoms with van der Waals surface area (Å²) in [4.78, 5) is 0. The fourth-order valence-electron chi connectivity index (χ4n) is 1.36. The highest BCUT2D eigenvalue weighted by Crippen LogP contribution is 2.18. The molecule has 4 N–H and O–H groups in total. The molecule has 1 saturated heterocycles. The Bertz CT molecular complexity index is 132. The van der Waals surface area contributed by atoms with Crippen LogP contribution < -0.4 is 5.73 Å². The van der Waals surface area contributed by atoms with Crippen LogP contribution in [0.3, 0.4) is 0 Å². The Kier molecular flexibility index (Phi) is 6.24. The molecule has 1 rings (SSSR count). The van der Waals surface area contributed by atoms with Crippen molar-refractivity contribution in [3.63, 3.8) is 0 Å². The zero-order valence-electron chi connectivity index (χ0n) is 8.60. The van der Waals surface area contributed by atoms with Crippen molar-refractivity contribution in [1.29, 1.82) is 0 Å². The molecule has 4 nitrogen and oxygen atoms in total. The Balaban J connectivity index is 0.000000671. The Morgan fingerprint density at radius 2 is 1.92 bits per heavy atom. The van der Waals surface area contributed by atoms with Crippen LogP contribution in [0.5, 0.6) is 0 Å². The first-order valence-electron chi connectivity index (χ1n) is 4.86. The van der Waals surface area contributed by atoms with Crippen molar-refractivity contribution in [3.8, 4) is 0 Å². The van der Waals surface area contributed by atoms with E-state index in [2.05, 4.69) is 0 Å². The summed E-state index contributed by atoms with van der Waals surface area (Å²) in [6, 6.07) is 0. The molecule has 1 heterocycles. The van der Waals surface area contributed by atoms with E-state index < -0.39 is 18.3 Å². The summed E-state index contributed by atoms with van der Waals surface area (Å²) in [5.74, 6) is 0. The molecule has 0 aromatic carbocycles. The Labute approximate surface area is 79.7 Å². The van der Waals surface area contributed by atoms with Crippen molar-refractivity contribution < 1.29 is 14.9 Å². The number of aliphatic hydroxyl groups excluding tert-OH is 2. The summed E-state index contributed by atoms with van der Waals surface area (Å²) in [6.07, 6.45) is -1.45. The molecular formula is C9H21NO3. The highest BCUT2D eigenvalue weighted by molar-refractivity contribution is 4.84. The molecule has 0 amide bonds. The van der Waals surface area contributed by atoms with Crippen LogP contribution in [0.25, 0.3) is 0 Å². The van der Waals surface area contributed by atoms with Crippen LogP contribution in [0.2, 0.25) is 0 Å². The third kappa shape index (κ3) is 3.60. The summed E-state index contributed by atoms with van der Waals surface area (Å²) in [6.45, 7) is 6.11. The van der Waals surface area contributed by atoms with Crippen molar-refractivity contribution in [3.05, 3.63) is 0 Å². The fraction of sp³-hybridized carbons (Fsp3) is 1.00. The second-order valence-corrected chi connectivity index (χ2v) is 3.01. The number of rotatable bonds is 1. The van der Waals surface area contributed by atoms with Gasteiger partial charge in [-0.1, -0.05) is 13.8 Å². The lowest BCUT2D eigenvalue weighted by atomic mass is 9.99. The molecule has 4 heteroatoms. The van der Waals surface area contributed by atoms with Crippen LogP contribution in [0.1, 0.15) is 27.2 Å². The number of ether oxygens (including phenoxy) is 1. The van der Waals surface area contributed by atoms with E-state index in [0.717, 1.165) is 0 Å². The molecule has 0 radical (unpaired) electrons. The first-order valence-corrected chi connectivity index (χ1v) is 4.86. The molecule has 13 heavy (non-hydrogen) atoms. The van der Waals surface area contributed by atoms with Crippen LogP contribution in [0, 0.1) is 0 Å². The molecule has 4 atom stereocenters. The van der Waals surface area contributed by atoms with Crippen LogP contribution in [-0.4, -0.2) is 41.2 Å². The minimum Gasteiger partial charge on any atom is -0.390 e. The molecule has 1 aliphatic rings. The quantitative estimate of drug-likeness (QED) is 0.539. The van der Waals surface area contributed by atoms with Gasteiger partial charge in [-0.2, -0.15) is 0 Å². The van der Waals surface area contributed by atoms with E-state index in [1.807, 2.05) is 20.8 Å². The summed E-state index contributed by atoms with van der Waals surface area (Å²) in [5.41, 5.74) is 5.32. The molecule has 0 saturated carbocycles. The maximum Gasteiger partial charge on any atom is 0.107 e. The Morgan fingerprint density at radius 3 is 2.38 bits per heavy atom. The third-order valence-electron chi connectivity index (χ3n) is 1.99. The highest BCUT2D eigenvalue weighted by atomic mass is 16.5. The SMILES string of the molecule is CC.CC1C[C@@H](O)[C@@H](O)[C@@H](CN)O1. The number of hydrogen-bond donors (Lipinski definition) is 3. The maximum absolute atomic E-state index is 9.30. The summed E-state index contributed by atoms with van der Waals surface area (Å²) in [7, 11) is 0. The predicted octanol–water partition coefficient (Wildman–Crippen LogP) is -0.129. The normalized spacial score (nSPS) is 39.2. The zero-order chi connectivity index (χ0) is 10.4. The Morgan fingerprint density at radius 1 is 1.38 bits per heavy atom. The van der Waals surface area contributed by atoms with Gasteiger partial charge in [-0.25, -0.2) is 0 Å². The summed E-state index contributed by atoms with van der Waals surface area (Å²) < 4.78 is 5.28. The highest BCUT2D eigenvalue weighted by Gasteiger charge is 2.33. The van der Waals surface area contributed by atoms with Crippen LogP contribution >= 0.6 is 0 Å². The third-order valence-corrected chi connectivity index (χ3v) is 1.99. The first kappa shape index (κ1) is 12.8. The van der Waals surface area contributed by atoms with Gasteiger partial charge in [0.05, 0.1) is 18.3 Å². The maximum atomic E-state index is 9.30. The van der Waals surface area contributed by atoms with Gasteiger partial charge in [0.1, 0.15) is 6.10 Å². The lowest BCUT2D eigenvalue weighted by Crippen LogP contribution is -2.50. The van der Waals surface area contributed by atoms with E-state index in [1.165, 1.54) is 0 Å². The lowest BCUT2D eigenvalue weighted by molar-refractivity contribution is -0.159. The van der Waals surface area contributed by atoms with E-state index in [4.69, 9.17) is 10.5 Å². The molecule has 1 aliphatic heterocycles. The van der Waals surface area contributed by atoms with Crippen molar-refractivity contribution in [2.75, 3.05) is 6.54 Å². The minimum atomic E-state index is -0.823. The van der Waals surface area contributed by atoms with Crippen LogP contribution in [0.4, 0.5) is 0 Å². The van der Waals surface area contributed by atoms with E-state index in [1.54, 1.807) is 0 Å². The van der Waals surface area contributed by atoms with Gasteiger partial charge in [0.25, 0.3) is 0 Å². The summed E-state index contributed by atoms with van der Waals surface area (Å²) in [5, 5.41) is 18.6. The largest absolute Gasteiger partial charge is 0.390 e. The van der Waals surface area contributed by atoms with Crippen LogP contribution in [0.15, 0.2) is 0 Å². The molecule has 1 fully saturated rings. The minimum absolute atomic E-state index is 0.0121. The van der Waals surface area contributed by atoms with Crippen LogP contribution in [-0.2, 0) is 4.74 Å². The van der Waals surface area contributed by atoms with E-state index in [-0.39, 0.29) is 12.6 Å². The van der Waals surface area contributed by atoms with Crippen molar-refractivity contribution >= 4 is 0 Å². The molecule has 0 aromatic rings. The second kappa shape index (κ2) is 6.32.